The highest BCUT2D eigenvalue weighted by Gasteiger charge is 2.67. The Morgan fingerprint density at radius 1 is 0.903 bits per heavy atom. The van der Waals surface area contributed by atoms with Gasteiger partial charge in [0.15, 0.2) is 0 Å². The fourth-order valence-electron chi connectivity index (χ4n) is 6.14. The summed E-state index contributed by atoms with van der Waals surface area (Å²) < 4.78 is 5.55. The molecule has 2 amide bonds. The molecule has 6 atom stereocenters. The highest BCUT2D eigenvalue weighted by Crippen LogP contribution is 2.65. The van der Waals surface area contributed by atoms with Gasteiger partial charge in [-0.1, -0.05) is 24.3 Å². The first-order chi connectivity index (χ1) is 14.9. The summed E-state index contributed by atoms with van der Waals surface area (Å²) in [5.74, 6) is 0.700. The van der Waals surface area contributed by atoms with E-state index in [1.165, 1.54) is 4.90 Å². The van der Waals surface area contributed by atoms with Crippen LogP contribution >= 0.6 is 0 Å². The molecule has 31 heavy (non-hydrogen) atoms. The molecule has 7 rings (SSSR count). The Morgan fingerprint density at radius 2 is 1.52 bits per heavy atom. The molecule has 0 unspecified atom stereocenters. The van der Waals surface area contributed by atoms with E-state index in [0.29, 0.717) is 28.8 Å². The zero-order chi connectivity index (χ0) is 21.4. The molecule has 3 fully saturated rings. The number of rotatable bonds is 3. The van der Waals surface area contributed by atoms with Crippen LogP contribution in [0.2, 0.25) is 0 Å². The van der Waals surface area contributed by atoms with E-state index in [0.717, 1.165) is 17.5 Å². The van der Waals surface area contributed by atoms with Crippen molar-refractivity contribution in [1.82, 2.24) is 0 Å². The Labute approximate surface area is 180 Å². The first-order valence-electron chi connectivity index (χ1n) is 10.9. The van der Waals surface area contributed by atoms with Crippen LogP contribution in [0, 0.1) is 49.4 Å². The number of ether oxygens (including phenoxy) is 1. The quantitative estimate of drug-likeness (QED) is 0.329. The van der Waals surface area contributed by atoms with Crippen LogP contribution in [0.4, 0.5) is 5.69 Å². The number of aryl methyl sites for hydroxylation is 2. The molecule has 0 N–H and O–H groups in total. The maximum Gasteiger partial charge on any atom is 0.343 e. The molecule has 0 radical (unpaired) electrons. The molecule has 4 aliphatic carbocycles. The highest BCUT2D eigenvalue weighted by molar-refractivity contribution is 6.23. The maximum atomic E-state index is 13.3. The van der Waals surface area contributed by atoms with Crippen LogP contribution in [0.3, 0.4) is 0 Å². The van der Waals surface area contributed by atoms with Gasteiger partial charge in [-0.25, -0.2) is 9.69 Å². The zero-order valence-corrected chi connectivity index (χ0v) is 17.4. The standard InChI is InChI=1S/C26H23NO4/c1-13-8-14(2)10-17(9-13)31-26(30)15-4-3-5-16(11-15)27-24(28)22-18-6-7-19(21-12-20(18)21)23(22)25(27)29/h3-11,18-23H,12H2,1-2H3/t18-,19-,20-,21+,22-,23+/m0/s1. The summed E-state index contributed by atoms with van der Waals surface area (Å²) >= 11 is 0. The molecule has 5 heteroatoms. The van der Waals surface area contributed by atoms with Gasteiger partial charge < -0.3 is 4.74 Å². The molecule has 0 aromatic heterocycles. The Bertz CT molecular complexity index is 1130. The molecule has 5 nitrogen and oxygen atoms in total. The van der Waals surface area contributed by atoms with Crippen molar-refractivity contribution in [3.05, 3.63) is 71.3 Å². The van der Waals surface area contributed by atoms with Gasteiger partial charge in [0, 0.05) is 0 Å². The molecular formula is C26H23NO4. The molecule has 2 bridgehead atoms. The smallest absolute Gasteiger partial charge is 0.343 e. The van der Waals surface area contributed by atoms with Crippen LogP contribution in [0.1, 0.15) is 27.9 Å². The molecule has 2 aromatic carbocycles. The topological polar surface area (TPSA) is 63.7 Å². The van der Waals surface area contributed by atoms with E-state index < -0.39 is 5.97 Å². The lowest BCUT2D eigenvalue weighted by Gasteiger charge is -2.37. The average molecular weight is 413 g/mol. The molecule has 1 heterocycles. The number of hydrogen-bond acceptors (Lipinski definition) is 4. The van der Waals surface area contributed by atoms with Crippen molar-refractivity contribution < 1.29 is 19.1 Å². The molecule has 2 saturated carbocycles. The van der Waals surface area contributed by atoms with Crippen molar-refractivity contribution in [3.63, 3.8) is 0 Å². The summed E-state index contributed by atoms with van der Waals surface area (Å²) in [6, 6.07) is 12.3. The van der Waals surface area contributed by atoms with Gasteiger partial charge in [-0.2, -0.15) is 0 Å². The number of anilines is 1. The summed E-state index contributed by atoms with van der Waals surface area (Å²) in [5.41, 5.74) is 2.78. The van der Waals surface area contributed by atoms with Crippen LogP contribution in [0.25, 0.3) is 0 Å². The van der Waals surface area contributed by atoms with Crippen LogP contribution < -0.4 is 9.64 Å². The third-order valence-electron chi connectivity index (χ3n) is 7.41. The largest absolute Gasteiger partial charge is 0.423 e. The fourth-order valence-corrected chi connectivity index (χ4v) is 6.14. The predicted molar refractivity (Wildman–Crippen MR) is 115 cm³/mol. The average Bonchev–Trinajstić information content (AvgIpc) is 3.51. The normalized spacial score (nSPS) is 32.1. The first-order valence-corrected chi connectivity index (χ1v) is 10.9. The van der Waals surface area contributed by atoms with Gasteiger partial charge in [0.1, 0.15) is 5.75 Å². The van der Waals surface area contributed by atoms with E-state index in [1.807, 2.05) is 19.9 Å². The third-order valence-corrected chi connectivity index (χ3v) is 7.41. The number of carbonyl (C=O) groups excluding carboxylic acids is 3. The SMILES string of the molecule is Cc1cc(C)cc(OC(=O)c2cccc(N3C(=O)[C@@H]4[C@H]5C=C[C@@H]([C@@H]6C[C@H]56)[C@@H]4C3=O)c2)c1. The van der Waals surface area contributed by atoms with Gasteiger partial charge in [-0.05, 0) is 85.4 Å². The lowest BCUT2D eigenvalue weighted by Crippen LogP contribution is -2.40. The van der Waals surface area contributed by atoms with Crippen molar-refractivity contribution in [1.29, 1.82) is 0 Å². The Morgan fingerprint density at radius 3 is 2.13 bits per heavy atom. The van der Waals surface area contributed by atoms with Crippen molar-refractivity contribution in [3.8, 4) is 5.75 Å². The molecule has 0 spiro atoms. The molecule has 2 aromatic rings. The number of amides is 2. The number of allylic oxidation sites excluding steroid dienone is 2. The molecule has 5 aliphatic rings. The highest BCUT2D eigenvalue weighted by atomic mass is 16.5. The molecule has 1 aliphatic heterocycles. The number of esters is 1. The second-order valence-electron chi connectivity index (χ2n) is 9.43. The molecule has 156 valence electrons. The lowest BCUT2D eigenvalue weighted by molar-refractivity contribution is -0.124. The summed E-state index contributed by atoms with van der Waals surface area (Å²) in [6.07, 6.45) is 5.45. The number of nitrogens with zero attached hydrogens (tertiary/aromatic N) is 1. The van der Waals surface area contributed by atoms with E-state index in [9.17, 15) is 14.4 Å². The fraction of sp³-hybridized carbons (Fsp3) is 0.346. The van der Waals surface area contributed by atoms with Gasteiger partial charge in [-0.3, -0.25) is 9.59 Å². The zero-order valence-electron chi connectivity index (χ0n) is 17.4. The minimum atomic E-state index is -0.508. The second kappa shape index (κ2) is 6.39. The number of hydrogen-bond donors (Lipinski definition) is 0. The van der Waals surface area contributed by atoms with Crippen LogP contribution in [0.5, 0.6) is 5.75 Å². The minimum Gasteiger partial charge on any atom is -0.423 e. The monoisotopic (exact) mass is 413 g/mol. The van der Waals surface area contributed by atoms with Crippen molar-refractivity contribution in [2.45, 2.75) is 20.3 Å². The van der Waals surface area contributed by atoms with E-state index in [1.54, 1.807) is 36.4 Å². The number of benzene rings is 2. The molecular weight excluding hydrogens is 390 g/mol. The lowest BCUT2D eigenvalue weighted by atomic mass is 9.63. The van der Waals surface area contributed by atoms with Crippen LogP contribution in [-0.4, -0.2) is 17.8 Å². The van der Waals surface area contributed by atoms with E-state index in [-0.39, 0.29) is 35.5 Å². The summed E-state index contributed by atoms with van der Waals surface area (Å²) in [5, 5.41) is 0. The summed E-state index contributed by atoms with van der Waals surface area (Å²) in [4.78, 5) is 40.7. The predicted octanol–water partition coefficient (Wildman–Crippen LogP) is 4.08. The van der Waals surface area contributed by atoms with E-state index in [4.69, 9.17) is 4.74 Å². The van der Waals surface area contributed by atoms with Crippen LogP contribution in [-0.2, 0) is 9.59 Å². The summed E-state index contributed by atoms with van der Waals surface area (Å²) in [7, 11) is 0. The maximum absolute atomic E-state index is 13.3. The van der Waals surface area contributed by atoms with E-state index in [2.05, 4.69) is 12.2 Å². The Kier molecular flexibility index (Phi) is 3.83. The Hall–Kier alpha value is -3.21. The Balaban J connectivity index is 1.28. The van der Waals surface area contributed by atoms with E-state index >= 15 is 0 Å². The van der Waals surface area contributed by atoms with Crippen molar-refractivity contribution in [2.24, 2.45) is 35.5 Å². The van der Waals surface area contributed by atoms with Crippen LogP contribution in [0.15, 0.2) is 54.6 Å². The number of imide groups is 1. The van der Waals surface area contributed by atoms with Crippen molar-refractivity contribution in [2.75, 3.05) is 4.90 Å². The van der Waals surface area contributed by atoms with Gasteiger partial charge in [-0.15, -0.1) is 0 Å². The number of carbonyl (C=O) groups is 3. The van der Waals surface area contributed by atoms with Crippen molar-refractivity contribution >= 4 is 23.5 Å². The minimum absolute atomic E-state index is 0.125. The first kappa shape index (κ1) is 18.6. The van der Waals surface area contributed by atoms with Gasteiger partial charge in [0.05, 0.1) is 23.1 Å². The van der Waals surface area contributed by atoms with Gasteiger partial charge in [0.2, 0.25) is 11.8 Å². The van der Waals surface area contributed by atoms with Gasteiger partial charge >= 0.3 is 5.97 Å². The second-order valence-corrected chi connectivity index (χ2v) is 9.43. The third kappa shape index (κ3) is 2.72. The summed E-state index contributed by atoms with van der Waals surface area (Å²) in [6.45, 7) is 3.89. The van der Waals surface area contributed by atoms with Gasteiger partial charge in [0.25, 0.3) is 0 Å². The molecule has 1 saturated heterocycles.